The zero-order chi connectivity index (χ0) is 19.6. The number of carbonyl (C=O) groups excluding carboxylic acids is 1. The molecule has 0 saturated carbocycles. The number of hydrogen-bond donors (Lipinski definition) is 2. The summed E-state index contributed by atoms with van der Waals surface area (Å²) in [6.45, 7) is 3.56. The maximum atomic E-state index is 12.1. The van der Waals surface area contributed by atoms with Gasteiger partial charge in [0.25, 0.3) is 0 Å². The van der Waals surface area contributed by atoms with Crippen LogP contribution in [0.25, 0.3) is 17.2 Å². The number of aliphatic carboxylic acids is 1. The van der Waals surface area contributed by atoms with Gasteiger partial charge < -0.3 is 15.6 Å². The zero-order valence-corrected chi connectivity index (χ0v) is 15.3. The first kappa shape index (κ1) is 18.5. The van der Waals surface area contributed by atoms with Crippen molar-refractivity contribution in [1.82, 2.24) is 0 Å². The van der Waals surface area contributed by atoms with E-state index in [4.69, 9.17) is 15.6 Å². The summed E-state index contributed by atoms with van der Waals surface area (Å²) in [4.78, 5) is 23.0. The Kier molecular flexibility index (Phi) is 5.12. The van der Waals surface area contributed by atoms with Crippen LogP contribution in [0, 0.1) is 0 Å². The normalized spacial score (nSPS) is 14.4. The monoisotopic (exact) mass is 363 g/mol. The van der Waals surface area contributed by atoms with Crippen LogP contribution in [0.2, 0.25) is 0 Å². The highest BCUT2D eigenvalue weighted by molar-refractivity contribution is 6.12. The van der Waals surface area contributed by atoms with Gasteiger partial charge in [-0.15, -0.1) is 0 Å². The number of fused-ring (bicyclic) bond motifs is 1. The molecule has 2 aromatic rings. The maximum Gasteiger partial charge on any atom is 0.341 e. The lowest BCUT2D eigenvalue weighted by Gasteiger charge is -2.14. The molecule has 0 radical (unpaired) electrons. The quantitative estimate of drug-likeness (QED) is 0.812. The van der Waals surface area contributed by atoms with E-state index >= 15 is 0 Å². The first-order valence-electron chi connectivity index (χ1n) is 8.73. The molecule has 0 atom stereocenters. The molecule has 3 N–H and O–H groups in total. The van der Waals surface area contributed by atoms with E-state index in [1.165, 1.54) is 0 Å². The van der Waals surface area contributed by atoms with Crippen molar-refractivity contribution >= 4 is 29.1 Å². The van der Waals surface area contributed by atoms with Crippen LogP contribution in [0.3, 0.4) is 0 Å². The smallest absolute Gasteiger partial charge is 0.341 e. The van der Waals surface area contributed by atoms with E-state index in [1.54, 1.807) is 12.1 Å². The van der Waals surface area contributed by atoms with Gasteiger partial charge in [0, 0.05) is 16.7 Å². The summed E-state index contributed by atoms with van der Waals surface area (Å²) in [5.74, 6) is -1.14. The summed E-state index contributed by atoms with van der Waals surface area (Å²) in [6.07, 6.45) is 2.79. The van der Waals surface area contributed by atoms with Crippen molar-refractivity contribution in [2.24, 2.45) is 5.73 Å². The molecule has 0 unspecified atom stereocenters. The average Bonchev–Trinajstić information content (AvgIpc) is 2.92. The summed E-state index contributed by atoms with van der Waals surface area (Å²) in [5.41, 5.74) is 11.5. The number of hydrogen-bond acceptors (Lipinski definition) is 3. The molecule has 0 spiro atoms. The minimum atomic E-state index is -1.06. The number of rotatable bonds is 6. The molecule has 2 aromatic carbocycles. The van der Waals surface area contributed by atoms with Crippen LogP contribution in [-0.4, -0.2) is 23.6 Å². The van der Waals surface area contributed by atoms with Crippen molar-refractivity contribution in [2.45, 2.75) is 20.3 Å². The number of carboxylic acid groups (broad SMARTS) is 1. The Labute approximate surface area is 157 Å². The molecule has 5 heteroatoms. The van der Waals surface area contributed by atoms with Gasteiger partial charge in [0.15, 0.2) is 6.61 Å². The highest BCUT2D eigenvalue weighted by atomic mass is 16.5. The van der Waals surface area contributed by atoms with Gasteiger partial charge in [0.2, 0.25) is 5.91 Å². The standard InChI is InChI=1S/C22H21NO4/c1-3-15-13(2)20-18(27-12-19(24)25)10-9-16(22(23)26)21(20)17(15)11-14-7-5-4-6-8-14/h4-11H,3,12H2,1-2H3,(H2,23,26)(H,24,25). The fraction of sp³-hybridized carbons (Fsp3) is 0.182. The summed E-state index contributed by atoms with van der Waals surface area (Å²) in [7, 11) is 0. The van der Waals surface area contributed by atoms with Gasteiger partial charge in [-0.05, 0) is 53.8 Å². The van der Waals surface area contributed by atoms with E-state index in [0.29, 0.717) is 16.9 Å². The van der Waals surface area contributed by atoms with Crippen LogP contribution in [-0.2, 0) is 4.79 Å². The van der Waals surface area contributed by atoms with Gasteiger partial charge >= 0.3 is 5.97 Å². The maximum absolute atomic E-state index is 12.1. The molecule has 1 aliphatic carbocycles. The van der Waals surface area contributed by atoms with Crippen molar-refractivity contribution in [3.8, 4) is 5.75 Å². The molecular weight excluding hydrogens is 342 g/mol. The number of amides is 1. The number of carboxylic acids is 1. The fourth-order valence-electron chi connectivity index (χ4n) is 3.54. The van der Waals surface area contributed by atoms with Gasteiger partial charge in [-0.1, -0.05) is 37.3 Å². The lowest BCUT2D eigenvalue weighted by Crippen LogP contribution is -2.15. The van der Waals surface area contributed by atoms with E-state index in [2.05, 4.69) is 0 Å². The number of benzene rings is 2. The second-order valence-corrected chi connectivity index (χ2v) is 6.33. The number of allylic oxidation sites excluding steroid dienone is 3. The largest absolute Gasteiger partial charge is 0.481 e. The molecule has 1 amide bonds. The van der Waals surface area contributed by atoms with E-state index in [9.17, 15) is 9.59 Å². The van der Waals surface area contributed by atoms with Crippen LogP contribution in [0.1, 0.15) is 47.3 Å². The summed E-state index contributed by atoms with van der Waals surface area (Å²) < 4.78 is 5.49. The molecule has 0 heterocycles. The summed E-state index contributed by atoms with van der Waals surface area (Å²) in [6, 6.07) is 13.0. The van der Waals surface area contributed by atoms with E-state index in [1.807, 2.05) is 50.3 Å². The van der Waals surface area contributed by atoms with Crippen molar-refractivity contribution in [3.63, 3.8) is 0 Å². The number of primary amides is 1. The Morgan fingerprint density at radius 1 is 1.11 bits per heavy atom. The minimum absolute atomic E-state index is 0.401. The zero-order valence-electron chi connectivity index (χ0n) is 15.3. The molecule has 3 rings (SSSR count). The molecule has 5 nitrogen and oxygen atoms in total. The summed E-state index contributed by atoms with van der Waals surface area (Å²) >= 11 is 0. The Morgan fingerprint density at radius 2 is 1.81 bits per heavy atom. The third kappa shape index (κ3) is 3.49. The Balaban J connectivity index is 2.26. The first-order chi connectivity index (χ1) is 12.9. The number of carbonyl (C=O) groups is 2. The van der Waals surface area contributed by atoms with Crippen molar-refractivity contribution < 1.29 is 19.4 Å². The van der Waals surface area contributed by atoms with Gasteiger partial charge in [0.1, 0.15) is 5.75 Å². The van der Waals surface area contributed by atoms with E-state index in [-0.39, 0.29) is 0 Å². The predicted molar refractivity (Wildman–Crippen MR) is 105 cm³/mol. The van der Waals surface area contributed by atoms with Crippen LogP contribution < -0.4 is 10.5 Å². The van der Waals surface area contributed by atoms with E-state index in [0.717, 1.165) is 34.3 Å². The van der Waals surface area contributed by atoms with Crippen molar-refractivity contribution in [3.05, 3.63) is 70.3 Å². The van der Waals surface area contributed by atoms with Gasteiger partial charge in [0.05, 0.1) is 0 Å². The Morgan fingerprint density at radius 3 is 2.41 bits per heavy atom. The molecule has 0 fully saturated rings. The van der Waals surface area contributed by atoms with Crippen molar-refractivity contribution in [2.75, 3.05) is 6.61 Å². The molecular formula is C22H21NO4. The van der Waals surface area contributed by atoms with Crippen LogP contribution in [0.15, 0.2) is 48.0 Å². The van der Waals surface area contributed by atoms with Gasteiger partial charge in [-0.25, -0.2) is 4.79 Å². The van der Waals surface area contributed by atoms with Gasteiger partial charge in [-0.2, -0.15) is 0 Å². The van der Waals surface area contributed by atoms with Crippen LogP contribution in [0.5, 0.6) is 5.75 Å². The second-order valence-electron chi connectivity index (χ2n) is 6.33. The topological polar surface area (TPSA) is 89.6 Å². The van der Waals surface area contributed by atoms with Gasteiger partial charge in [-0.3, -0.25) is 4.79 Å². The molecule has 0 aliphatic heterocycles. The minimum Gasteiger partial charge on any atom is -0.481 e. The van der Waals surface area contributed by atoms with Crippen LogP contribution in [0.4, 0.5) is 0 Å². The predicted octanol–water partition coefficient (Wildman–Crippen LogP) is 3.99. The first-order valence-corrected chi connectivity index (χ1v) is 8.73. The lowest BCUT2D eigenvalue weighted by molar-refractivity contribution is -0.139. The fourth-order valence-corrected chi connectivity index (χ4v) is 3.54. The second kappa shape index (κ2) is 7.50. The molecule has 1 aliphatic rings. The third-order valence-electron chi connectivity index (χ3n) is 4.67. The Bertz CT molecular complexity index is 971. The molecule has 0 aromatic heterocycles. The molecule has 138 valence electrons. The van der Waals surface area contributed by atoms with E-state index < -0.39 is 18.5 Å². The molecule has 0 saturated heterocycles. The average molecular weight is 363 g/mol. The number of ether oxygens (including phenoxy) is 1. The van der Waals surface area contributed by atoms with Crippen molar-refractivity contribution in [1.29, 1.82) is 0 Å². The highest BCUT2D eigenvalue weighted by Gasteiger charge is 2.30. The van der Waals surface area contributed by atoms with Crippen LogP contribution >= 0.6 is 0 Å². The lowest BCUT2D eigenvalue weighted by atomic mass is 9.93. The number of nitrogens with two attached hydrogens (primary N) is 1. The molecule has 27 heavy (non-hydrogen) atoms. The Hall–Kier alpha value is -3.34. The summed E-state index contributed by atoms with van der Waals surface area (Å²) in [5, 5.41) is 8.95. The third-order valence-corrected chi connectivity index (χ3v) is 4.67. The SMILES string of the molecule is CCC1=C(C)c2c(OCC(=O)O)ccc(C(N)=O)c2C1=Cc1ccccc1. The molecule has 0 bridgehead atoms. The highest BCUT2D eigenvalue weighted by Crippen LogP contribution is 2.48.